The van der Waals surface area contributed by atoms with Crippen LogP contribution in [0.2, 0.25) is 0 Å². The predicted molar refractivity (Wildman–Crippen MR) is 68.8 cm³/mol. The number of aliphatic carboxylic acids is 1. The molecule has 1 aromatic carbocycles. The lowest BCUT2D eigenvalue weighted by molar-refractivity contribution is -0.150. The first-order valence-electron chi connectivity index (χ1n) is 6.07. The molecule has 0 radical (unpaired) electrons. The van der Waals surface area contributed by atoms with E-state index in [0.29, 0.717) is 24.3 Å². The van der Waals surface area contributed by atoms with Crippen molar-refractivity contribution in [3.05, 3.63) is 18.2 Å². The van der Waals surface area contributed by atoms with Gasteiger partial charge in [-0.05, 0) is 25.0 Å². The van der Waals surface area contributed by atoms with Crippen LogP contribution in [0.3, 0.4) is 0 Å². The topological polar surface area (TPSA) is 105 Å². The summed E-state index contributed by atoms with van der Waals surface area (Å²) in [5.74, 6) is -1.30. The van der Waals surface area contributed by atoms with E-state index in [2.05, 4.69) is 5.32 Å². The number of carboxylic acid groups (broad SMARTS) is 1. The number of aromatic hydroxyl groups is 1. The van der Waals surface area contributed by atoms with Crippen molar-refractivity contribution in [3.63, 3.8) is 0 Å². The minimum Gasteiger partial charge on any atom is -0.504 e. The maximum absolute atomic E-state index is 11.9. The number of phenols is 1. The van der Waals surface area contributed by atoms with Crippen molar-refractivity contribution >= 4 is 17.6 Å². The Balaban J connectivity index is 1.98. The van der Waals surface area contributed by atoms with Crippen LogP contribution in [0.1, 0.15) is 12.8 Å². The number of phenolic OH excluding ortho intramolecular Hbond substituents is 1. The Hall–Kier alpha value is -2.28. The molecule has 1 aromatic rings. The van der Waals surface area contributed by atoms with Crippen molar-refractivity contribution in [2.75, 3.05) is 12.4 Å². The molecule has 1 heterocycles. The Kier molecular flexibility index (Phi) is 4.09. The Morgan fingerprint density at radius 1 is 1.35 bits per heavy atom. The van der Waals surface area contributed by atoms with Gasteiger partial charge >= 0.3 is 5.97 Å². The Labute approximate surface area is 115 Å². The highest BCUT2D eigenvalue weighted by Crippen LogP contribution is 2.29. The molecule has 3 N–H and O–H groups in total. The first kappa shape index (κ1) is 14.1. The molecule has 2 atom stereocenters. The largest absolute Gasteiger partial charge is 0.504 e. The van der Waals surface area contributed by atoms with Crippen LogP contribution in [0.5, 0.6) is 11.5 Å². The van der Waals surface area contributed by atoms with Crippen LogP contribution in [0.25, 0.3) is 0 Å². The van der Waals surface area contributed by atoms with E-state index >= 15 is 0 Å². The van der Waals surface area contributed by atoms with Crippen LogP contribution >= 0.6 is 0 Å². The highest BCUT2D eigenvalue weighted by molar-refractivity contribution is 5.95. The van der Waals surface area contributed by atoms with E-state index in [1.165, 1.54) is 19.2 Å². The quantitative estimate of drug-likeness (QED) is 0.759. The van der Waals surface area contributed by atoms with Crippen molar-refractivity contribution in [1.29, 1.82) is 0 Å². The van der Waals surface area contributed by atoms with Crippen LogP contribution < -0.4 is 10.1 Å². The van der Waals surface area contributed by atoms with Crippen LogP contribution in [-0.4, -0.2) is 41.4 Å². The molecule has 0 unspecified atom stereocenters. The molecule has 7 nitrogen and oxygen atoms in total. The van der Waals surface area contributed by atoms with E-state index in [1.807, 2.05) is 0 Å². The van der Waals surface area contributed by atoms with Gasteiger partial charge in [0.05, 0.1) is 7.11 Å². The number of benzene rings is 1. The lowest BCUT2D eigenvalue weighted by atomic mass is 10.2. The highest BCUT2D eigenvalue weighted by Gasteiger charge is 2.34. The average molecular weight is 281 g/mol. The fourth-order valence-corrected chi connectivity index (χ4v) is 2.00. The number of anilines is 1. The van der Waals surface area contributed by atoms with Gasteiger partial charge in [-0.25, -0.2) is 4.79 Å². The van der Waals surface area contributed by atoms with Gasteiger partial charge < -0.3 is 25.0 Å². The second-order valence-corrected chi connectivity index (χ2v) is 4.40. The van der Waals surface area contributed by atoms with Gasteiger partial charge in [-0.1, -0.05) is 0 Å². The van der Waals surface area contributed by atoms with Crippen LogP contribution in [0.15, 0.2) is 18.2 Å². The summed E-state index contributed by atoms with van der Waals surface area (Å²) in [6.07, 6.45) is -1.07. The standard InChI is InChI=1S/C13H15NO6/c1-19-9-3-2-7(6-8(9)15)14-12(16)10-4-5-11(20-10)13(17)18/h2-3,6,10-11,15H,4-5H2,1H3,(H,14,16)(H,17,18)/t10-,11+/m0/s1. The van der Waals surface area contributed by atoms with Gasteiger partial charge in [0.2, 0.25) is 0 Å². The third-order valence-electron chi connectivity index (χ3n) is 3.03. The number of carboxylic acids is 1. The number of amides is 1. The maximum atomic E-state index is 11.9. The lowest BCUT2D eigenvalue weighted by Crippen LogP contribution is -2.29. The number of nitrogens with one attached hydrogen (secondary N) is 1. The second kappa shape index (κ2) is 5.79. The van der Waals surface area contributed by atoms with Crippen LogP contribution in [0, 0.1) is 0 Å². The van der Waals surface area contributed by atoms with Gasteiger partial charge in [-0.2, -0.15) is 0 Å². The van der Waals surface area contributed by atoms with Crippen molar-refractivity contribution in [3.8, 4) is 11.5 Å². The zero-order valence-electron chi connectivity index (χ0n) is 10.8. The minimum atomic E-state index is -1.07. The molecule has 20 heavy (non-hydrogen) atoms. The molecular formula is C13H15NO6. The lowest BCUT2D eigenvalue weighted by Gasteiger charge is -2.12. The molecule has 108 valence electrons. The fourth-order valence-electron chi connectivity index (χ4n) is 2.00. The average Bonchev–Trinajstić information content (AvgIpc) is 2.88. The van der Waals surface area contributed by atoms with Crippen LogP contribution in [0.4, 0.5) is 5.69 Å². The molecule has 7 heteroatoms. The molecule has 0 aliphatic carbocycles. The summed E-state index contributed by atoms with van der Waals surface area (Å²) in [6.45, 7) is 0. The predicted octanol–water partition coefficient (Wildman–Crippen LogP) is 0.971. The van der Waals surface area contributed by atoms with E-state index in [4.69, 9.17) is 14.6 Å². The van der Waals surface area contributed by atoms with Crippen molar-refractivity contribution < 1.29 is 29.3 Å². The fraction of sp³-hybridized carbons (Fsp3) is 0.385. The Morgan fingerprint density at radius 2 is 2.05 bits per heavy atom. The van der Waals surface area contributed by atoms with Gasteiger partial charge in [0, 0.05) is 11.8 Å². The van der Waals surface area contributed by atoms with Crippen molar-refractivity contribution in [2.45, 2.75) is 25.0 Å². The molecule has 0 spiro atoms. The van der Waals surface area contributed by atoms with Crippen LogP contribution in [-0.2, 0) is 14.3 Å². The highest BCUT2D eigenvalue weighted by atomic mass is 16.5. The molecular weight excluding hydrogens is 266 g/mol. The monoisotopic (exact) mass is 281 g/mol. The molecule has 1 aliphatic heterocycles. The molecule has 0 saturated carbocycles. The first-order valence-corrected chi connectivity index (χ1v) is 6.07. The summed E-state index contributed by atoms with van der Waals surface area (Å²) < 4.78 is 10.0. The van der Waals surface area contributed by atoms with Gasteiger partial charge in [-0.3, -0.25) is 4.79 Å². The summed E-state index contributed by atoms with van der Waals surface area (Å²) in [4.78, 5) is 22.6. The number of hydrogen-bond donors (Lipinski definition) is 3. The summed E-state index contributed by atoms with van der Waals surface area (Å²) >= 11 is 0. The normalized spacial score (nSPS) is 21.4. The minimum absolute atomic E-state index is 0.0962. The third-order valence-corrected chi connectivity index (χ3v) is 3.03. The molecule has 0 aromatic heterocycles. The number of ether oxygens (including phenoxy) is 2. The van der Waals surface area contributed by atoms with Crippen molar-refractivity contribution in [2.24, 2.45) is 0 Å². The van der Waals surface area contributed by atoms with Gasteiger partial charge in [0.1, 0.15) is 6.10 Å². The zero-order valence-corrected chi connectivity index (χ0v) is 10.8. The smallest absolute Gasteiger partial charge is 0.332 e. The van der Waals surface area contributed by atoms with E-state index in [-0.39, 0.29) is 5.75 Å². The van der Waals surface area contributed by atoms with E-state index in [1.54, 1.807) is 6.07 Å². The molecule has 1 saturated heterocycles. The first-order chi connectivity index (χ1) is 9.51. The van der Waals surface area contributed by atoms with Gasteiger partial charge in [0.25, 0.3) is 5.91 Å². The summed E-state index contributed by atoms with van der Waals surface area (Å²) in [6, 6.07) is 4.43. The van der Waals surface area contributed by atoms with E-state index in [0.717, 1.165) is 0 Å². The zero-order chi connectivity index (χ0) is 14.7. The summed E-state index contributed by atoms with van der Waals surface area (Å²) in [5, 5.41) is 21.0. The molecule has 1 aliphatic rings. The molecule has 2 rings (SSSR count). The van der Waals surface area contributed by atoms with Crippen molar-refractivity contribution in [1.82, 2.24) is 0 Å². The van der Waals surface area contributed by atoms with Gasteiger partial charge in [0.15, 0.2) is 17.6 Å². The molecule has 1 amide bonds. The number of rotatable bonds is 4. The number of methoxy groups -OCH3 is 1. The second-order valence-electron chi connectivity index (χ2n) is 4.40. The maximum Gasteiger partial charge on any atom is 0.332 e. The van der Waals surface area contributed by atoms with E-state index in [9.17, 15) is 14.7 Å². The SMILES string of the molecule is COc1ccc(NC(=O)[C@@H]2CC[C@H](C(=O)O)O2)cc1O. The summed E-state index contributed by atoms with van der Waals surface area (Å²) in [7, 11) is 1.42. The molecule has 0 bridgehead atoms. The molecule has 1 fully saturated rings. The number of carbonyl (C=O) groups is 2. The number of carbonyl (C=O) groups excluding carboxylic acids is 1. The Bertz CT molecular complexity index is 530. The number of hydrogen-bond acceptors (Lipinski definition) is 5. The summed E-state index contributed by atoms with van der Waals surface area (Å²) in [5.41, 5.74) is 0.385. The third kappa shape index (κ3) is 3.00. The van der Waals surface area contributed by atoms with Gasteiger partial charge in [-0.15, -0.1) is 0 Å². The Morgan fingerprint density at radius 3 is 2.60 bits per heavy atom. The van der Waals surface area contributed by atoms with E-state index < -0.39 is 24.1 Å².